The zero-order chi connectivity index (χ0) is 12.7. The fourth-order valence-electron chi connectivity index (χ4n) is 1.91. The van der Waals surface area contributed by atoms with E-state index in [1.807, 2.05) is 0 Å². The number of unbranched alkanes of at least 4 members (excludes halogenated alkanes) is 2. The topological polar surface area (TPSA) is 0 Å². The van der Waals surface area contributed by atoms with E-state index < -0.39 is 0 Å². The monoisotopic (exact) mass is 252 g/mol. The van der Waals surface area contributed by atoms with Crippen molar-refractivity contribution in [1.29, 1.82) is 0 Å². The third kappa shape index (κ3) is 6.12. The van der Waals surface area contributed by atoms with Gasteiger partial charge in [-0.05, 0) is 30.2 Å². The molecule has 0 spiro atoms. The largest absolute Gasteiger partial charge is 0.122 e. The average Bonchev–Trinajstić information content (AvgIpc) is 2.28. The van der Waals surface area contributed by atoms with Crippen molar-refractivity contribution in [3.8, 4) is 0 Å². The van der Waals surface area contributed by atoms with Crippen molar-refractivity contribution in [3.63, 3.8) is 0 Å². The van der Waals surface area contributed by atoms with Gasteiger partial charge in [-0.3, -0.25) is 0 Å². The quantitative estimate of drug-likeness (QED) is 0.467. The Bertz CT molecular complexity index is 297. The van der Waals surface area contributed by atoms with Gasteiger partial charge in [0.1, 0.15) is 0 Å². The molecule has 1 aromatic rings. The highest BCUT2D eigenvalue weighted by Crippen LogP contribution is 2.28. The first-order valence-electron chi connectivity index (χ1n) is 6.68. The van der Waals surface area contributed by atoms with Gasteiger partial charge in [-0.2, -0.15) is 0 Å². The number of halogens is 1. The summed E-state index contributed by atoms with van der Waals surface area (Å²) in [5.74, 6) is 0. The highest BCUT2D eigenvalue weighted by molar-refractivity contribution is 6.21. The molecule has 17 heavy (non-hydrogen) atoms. The van der Waals surface area contributed by atoms with Crippen molar-refractivity contribution in [2.24, 2.45) is 5.41 Å². The van der Waals surface area contributed by atoms with E-state index in [1.54, 1.807) is 0 Å². The Kier molecular flexibility index (Phi) is 6.05. The van der Waals surface area contributed by atoms with E-state index in [0.717, 1.165) is 6.42 Å². The first-order valence-corrected chi connectivity index (χ1v) is 7.12. The molecule has 0 heterocycles. The fourth-order valence-corrected chi connectivity index (χ4v) is 2.06. The van der Waals surface area contributed by atoms with E-state index in [4.69, 9.17) is 11.6 Å². The van der Waals surface area contributed by atoms with Gasteiger partial charge >= 0.3 is 0 Å². The molecule has 0 N–H and O–H groups in total. The summed E-state index contributed by atoms with van der Waals surface area (Å²) in [7, 11) is 0. The van der Waals surface area contributed by atoms with Gasteiger partial charge in [-0.25, -0.2) is 0 Å². The molecule has 0 radical (unpaired) electrons. The molecule has 0 saturated carbocycles. The average molecular weight is 253 g/mol. The van der Waals surface area contributed by atoms with Crippen LogP contribution in [0.2, 0.25) is 0 Å². The number of hydrogen-bond acceptors (Lipinski definition) is 0. The minimum Gasteiger partial charge on any atom is -0.122 e. The number of aryl methyl sites for hydroxylation is 1. The molecule has 0 saturated heterocycles. The minimum atomic E-state index is 0.237. The Morgan fingerprint density at radius 3 is 2.24 bits per heavy atom. The molecule has 96 valence electrons. The first-order chi connectivity index (χ1) is 8.00. The molecule has 0 aromatic heterocycles. The number of hydrogen-bond donors (Lipinski definition) is 0. The Hall–Kier alpha value is -0.490. The van der Waals surface area contributed by atoms with Crippen molar-refractivity contribution < 1.29 is 0 Å². The van der Waals surface area contributed by atoms with E-state index in [2.05, 4.69) is 51.1 Å². The standard InChI is InChI=1S/C16H25Cl/c1-16(2,3)15(17)13-9-5-8-12-14-10-6-4-7-11-14/h4,6-7,10-11,15H,5,8-9,12-13H2,1-3H3. The molecule has 0 aliphatic carbocycles. The Morgan fingerprint density at radius 2 is 1.65 bits per heavy atom. The van der Waals surface area contributed by atoms with Crippen LogP contribution in [0.4, 0.5) is 0 Å². The lowest BCUT2D eigenvalue weighted by Gasteiger charge is -2.24. The highest BCUT2D eigenvalue weighted by Gasteiger charge is 2.21. The van der Waals surface area contributed by atoms with Gasteiger partial charge < -0.3 is 0 Å². The van der Waals surface area contributed by atoms with Gasteiger partial charge in [-0.15, -0.1) is 11.6 Å². The summed E-state index contributed by atoms with van der Waals surface area (Å²) < 4.78 is 0. The van der Waals surface area contributed by atoms with Crippen molar-refractivity contribution in [1.82, 2.24) is 0 Å². The van der Waals surface area contributed by atoms with E-state index in [1.165, 1.54) is 31.2 Å². The van der Waals surface area contributed by atoms with Crippen LogP contribution in [0.5, 0.6) is 0 Å². The van der Waals surface area contributed by atoms with E-state index >= 15 is 0 Å². The Labute approximate surface area is 111 Å². The maximum atomic E-state index is 6.35. The van der Waals surface area contributed by atoms with Crippen molar-refractivity contribution in [2.45, 2.75) is 58.3 Å². The number of benzene rings is 1. The second kappa shape index (κ2) is 7.06. The molecule has 0 bridgehead atoms. The summed E-state index contributed by atoms with van der Waals surface area (Å²) in [5, 5.41) is 0.305. The van der Waals surface area contributed by atoms with Crippen LogP contribution >= 0.6 is 11.6 Å². The zero-order valence-corrected chi connectivity index (χ0v) is 12.1. The molecule has 1 aromatic carbocycles. The van der Waals surface area contributed by atoms with Crippen molar-refractivity contribution >= 4 is 11.6 Å². The maximum absolute atomic E-state index is 6.35. The SMILES string of the molecule is CC(C)(C)C(Cl)CCCCCc1ccccc1. The Balaban J connectivity index is 2.09. The van der Waals surface area contributed by atoms with Crippen LogP contribution in [0.15, 0.2) is 30.3 Å². The predicted molar refractivity (Wildman–Crippen MR) is 77.7 cm³/mol. The fraction of sp³-hybridized carbons (Fsp3) is 0.625. The lowest BCUT2D eigenvalue weighted by molar-refractivity contribution is 0.365. The molecule has 1 unspecified atom stereocenters. The summed E-state index contributed by atoms with van der Waals surface area (Å²) >= 11 is 6.35. The van der Waals surface area contributed by atoms with Crippen LogP contribution in [0.25, 0.3) is 0 Å². The highest BCUT2D eigenvalue weighted by atomic mass is 35.5. The molecule has 0 amide bonds. The predicted octanol–water partition coefficient (Wildman–Crippen LogP) is 5.44. The van der Waals surface area contributed by atoms with Crippen LogP contribution in [0.1, 0.15) is 52.0 Å². The van der Waals surface area contributed by atoms with E-state index in [-0.39, 0.29) is 5.41 Å². The van der Waals surface area contributed by atoms with E-state index in [9.17, 15) is 0 Å². The second-order valence-corrected chi connectivity index (χ2v) is 6.45. The van der Waals surface area contributed by atoms with Crippen molar-refractivity contribution in [3.05, 3.63) is 35.9 Å². The normalized spacial score (nSPS) is 13.6. The first kappa shape index (κ1) is 14.6. The van der Waals surface area contributed by atoms with Crippen molar-refractivity contribution in [2.75, 3.05) is 0 Å². The summed E-state index contributed by atoms with van der Waals surface area (Å²) in [6.45, 7) is 6.65. The number of rotatable bonds is 6. The summed E-state index contributed by atoms with van der Waals surface area (Å²) in [5.41, 5.74) is 1.69. The third-order valence-electron chi connectivity index (χ3n) is 3.21. The lowest BCUT2D eigenvalue weighted by Crippen LogP contribution is -2.20. The molecule has 1 rings (SSSR count). The summed E-state index contributed by atoms with van der Waals surface area (Å²) in [4.78, 5) is 0. The molecular weight excluding hydrogens is 228 g/mol. The number of alkyl halides is 1. The molecule has 0 aliphatic heterocycles. The van der Waals surface area contributed by atoms with Gasteiger partial charge in [-0.1, -0.05) is 63.9 Å². The van der Waals surface area contributed by atoms with Gasteiger partial charge in [0.25, 0.3) is 0 Å². The van der Waals surface area contributed by atoms with E-state index in [0.29, 0.717) is 5.38 Å². The zero-order valence-electron chi connectivity index (χ0n) is 11.4. The van der Waals surface area contributed by atoms with Gasteiger partial charge in [0.05, 0.1) is 0 Å². The second-order valence-electron chi connectivity index (χ2n) is 5.92. The van der Waals surface area contributed by atoms with Gasteiger partial charge in [0, 0.05) is 5.38 Å². The van der Waals surface area contributed by atoms with Crippen LogP contribution in [0.3, 0.4) is 0 Å². The van der Waals surface area contributed by atoms with Crippen LogP contribution < -0.4 is 0 Å². The Morgan fingerprint density at radius 1 is 1.00 bits per heavy atom. The molecule has 0 fully saturated rings. The lowest BCUT2D eigenvalue weighted by atomic mass is 9.88. The molecule has 1 heteroatoms. The maximum Gasteiger partial charge on any atom is 0.0384 e. The minimum absolute atomic E-state index is 0.237. The molecule has 0 aliphatic rings. The van der Waals surface area contributed by atoms with Gasteiger partial charge in [0.15, 0.2) is 0 Å². The van der Waals surface area contributed by atoms with Crippen LogP contribution in [-0.4, -0.2) is 5.38 Å². The molecule has 0 nitrogen and oxygen atoms in total. The van der Waals surface area contributed by atoms with Crippen LogP contribution in [0, 0.1) is 5.41 Å². The molecular formula is C16H25Cl. The third-order valence-corrected chi connectivity index (χ3v) is 4.08. The summed E-state index contributed by atoms with van der Waals surface area (Å²) in [6, 6.07) is 10.7. The molecule has 1 atom stereocenters. The van der Waals surface area contributed by atoms with Gasteiger partial charge in [0.2, 0.25) is 0 Å². The smallest absolute Gasteiger partial charge is 0.0384 e. The summed E-state index contributed by atoms with van der Waals surface area (Å²) in [6.07, 6.45) is 6.15. The van der Waals surface area contributed by atoms with Crippen LogP contribution in [-0.2, 0) is 6.42 Å².